The summed E-state index contributed by atoms with van der Waals surface area (Å²) in [5.74, 6) is -0.612. The van der Waals surface area contributed by atoms with Crippen LogP contribution in [0.4, 0.5) is 0 Å². The van der Waals surface area contributed by atoms with E-state index in [-0.39, 0.29) is 17.3 Å². The third-order valence-corrected chi connectivity index (χ3v) is 4.96. The molecule has 3 aromatic carbocycles. The number of nitrogens with one attached hydrogen (secondary N) is 3. The zero-order valence-electron chi connectivity index (χ0n) is 18.2. The van der Waals surface area contributed by atoms with Crippen molar-refractivity contribution in [1.82, 2.24) is 10.9 Å². The third kappa shape index (κ3) is 4.99. The monoisotopic (exact) mass is 455 g/mol. The SMILES string of the molecule is COc1cccc(C2OC(=N)C(=N\NC(=O)c3ccccc3)/C2=N/NC(=O)c2ccccc2)c1. The molecule has 0 saturated carbocycles. The van der Waals surface area contributed by atoms with Gasteiger partial charge < -0.3 is 9.47 Å². The van der Waals surface area contributed by atoms with Gasteiger partial charge in [-0.3, -0.25) is 15.0 Å². The molecule has 3 N–H and O–H groups in total. The van der Waals surface area contributed by atoms with Crippen molar-refractivity contribution in [2.45, 2.75) is 6.10 Å². The van der Waals surface area contributed by atoms with Crippen molar-refractivity contribution in [3.05, 3.63) is 102 Å². The van der Waals surface area contributed by atoms with Crippen molar-refractivity contribution in [1.29, 1.82) is 5.41 Å². The molecular weight excluding hydrogens is 434 g/mol. The highest BCUT2D eigenvalue weighted by Crippen LogP contribution is 2.29. The Morgan fingerprint density at radius 2 is 1.44 bits per heavy atom. The van der Waals surface area contributed by atoms with E-state index in [1.54, 1.807) is 84.9 Å². The molecule has 1 aliphatic rings. The largest absolute Gasteiger partial charge is 0.497 e. The highest BCUT2D eigenvalue weighted by Gasteiger charge is 2.38. The van der Waals surface area contributed by atoms with E-state index in [2.05, 4.69) is 21.1 Å². The summed E-state index contributed by atoms with van der Waals surface area (Å²) in [6, 6.07) is 24.2. The van der Waals surface area contributed by atoms with E-state index in [4.69, 9.17) is 14.9 Å². The number of hydrazone groups is 2. The lowest BCUT2D eigenvalue weighted by molar-refractivity contribution is 0.0946. The second kappa shape index (κ2) is 10.2. The number of rotatable bonds is 6. The van der Waals surface area contributed by atoms with E-state index in [1.165, 1.54) is 7.11 Å². The van der Waals surface area contributed by atoms with Gasteiger partial charge in [-0.15, -0.1) is 0 Å². The van der Waals surface area contributed by atoms with E-state index in [1.807, 2.05) is 0 Å². The van der Waals surface area contributed by atoms with Gasteiger partial charge in [-0.25, -0.2) is 10.9 Å². The van der Waals surface area contributed by atoms with Gasteiger partial charge in [-0.1, -0.05) is 48.5 Å². The van der Waals surface area contributed by atoms with Crippen LogP contribution in [0.5, 0.6) is 5.75 Å². The van der Waals surface area contributed by atoms with Crippen molar-refractivity contribution in [3.63, 3.8) is 0 Å². The van der Waals surface area contributed by atoms with Crippen LogP contribution in [0.15, 0.2) is 95.1 Å². The van der Waals surface area contributed by atoms with Crippen LogP contribution in [0.2, 0.25) is 0 Å². The standard InChI is InChI=1S/C25H21N5O4/c1-33-19-14-8-13-18(15-19)22-20(27-29-24(31)16-9-4-2-5-10-16)21(23(26)34-22)28-30-25(32)17-11-6-3-7-12-17/h2-15,22,26H,1H3,(H,29,31)(H,30,32)/b26-23?,27-20-,28-21-. The summed E-state index contributed by atoms with van der Waals surface area (Å²) in [5.41, 5.74) is 6.51. The molecule has 0 bridgehead atoms. The molecule has 0 aromatic heterocycles. The summed E-state index contributed by atoms with van der Waals surface area (Å²) < 4.78 is 11.0. The van der Waals surface area contributed by atoms with Gasteiger partial charge in [0, 0.05) is 16.7 Å². The van der Waals surface area contributed by atoms with E-state index >= 15 is 0 Å². The summed E-state index contributed by atoms with van der Waals surface area (Å²) in [4.78, 5) is 25.0. The van der Waals surface area contributed by atoms with Gasteiger partial charge >= 0.3 is 0 Å². The third-order valence-electron chi connectivity index (χ3n) is 4.96. The normalized spacial score (nSPS) is 17.3. The molecule has 1 unspecified atom stereocenters. The van der Waals surface area contributed by atoms with Crippen molar-refractivity contribution >= 4 is 29.1 Å². The number of amides is 2. The molecular formula is C25H21N5O4. The minimum absolute atomic E-state index is 0.00883. The first kappa shape index (κ1) is 22.4. The van der Waals surface area contributed by atoms with Gasteiger partial charge in [0.05, 0.1) is 7.11 Å². The predicted molar refractivity (Wildman–Crippen MR) is 127 cm³/mol. The average Bonchev–Trinajstić information content (AvgIpc) is 3.21. The van der Waals surface area contributed by atoms with Crippen molar-refractivity contribution in [2.24, 2.45) is 10.2 Å². The van der Waals surface area contributed by atoms with Crippen molar-refractivity contribution in [3.8, 4) is 5.75 Å². The predicted octanol–water partition coefficient (Wildman–Crippen LogP) is 3.32. The minimum Gasteiger partial charge on any atom is -0.497 e. The van der Waals surface area contributed by atoms with Crippen molar-refractivity contribution < 1.29 is 19.1 Å². The van der Waals surface area contributed by atoms with Crippen LogP contribution in [0.1, 0.15) is 32.4 Å². The summed E-state index contributed by atoms with van der Waals surface area (Å²) in [6.45, 7) is 0. The Balaban J connectivity index is 1.66. The molecule has 1 aliphatic heterocycles. The van der Waals surface area contributed by atoms with Gasteiger partial charge in [0.2, 0.25) is 5.90 Å². The van der Waals surface area contributed by atoms with Gasteiger partial charge in [0.15, 0.2) is 11.8 Å². The molecule has 34 heavy (non-hydrogen) atoms. The first-order valence-electron chi connectivity index (χ1n) is 10.3. The molecule has 1 atom stereocenters. The van der Waals surface area contributed by atoms with Crippen LogP contribution in [0.3, 0.4) is 0 Å². The van der Waals surface area contributed by atoms with Crippen LogP contribution < -0.4 is 15.6 Å². The summed E-state index contributed by atoms with van der Waals surface area (Å²) in [6.07, 6.45) is -0.842. The van der Waals surface area contributed by atoms with Crippen LogP contribution in [0, 0.1) is 5.41 Å². The van der Waals surface area contributed by atoms with E-state index in [0.29, 0.717) is 22.4 Å². The van der Waals surface area contributed by atoms with Gasteiger partial charge in [0.25, 0.3) is 11.8 Å². The Morgan fingerprint density at radius 3 is 2.03 bits per heavy atom. The van der Waals surface area contributed by atoms with Crippen LogP contribution >= 0.6 is 0 Å². The molecule has 1 fully saturated rings. The minimum atomic E-state index is -0.842. The molecule has 3 aromatic rings. The maximum atomic E-state index is 12.5. The molecule has 9 heteroatoms. The fraction of sp³-hybridized carbons (Fsp3) is 0.0800. The number of benzene rings is 3. The quantitative estimate of drug-likeness (QED) is 0.493. The number of carbonyl (C=O) groups is 2. The molecule has 4 rings (SSSR count). The summed E-state index contributed by atoms with van der Waals surface area (Å²) in [7, 11) is 1.54. The Kier molecular flexibility index (Phi) is 6.73. The van der Waals surface area contributed by atoms with E-state index < -0.39 is 17.9 Å². The maximum Gasteiger partial charge on any atom is 0.271 e. The first-order valence-corrected chi connectivity index (χ1v) is 10.3. The highest BCUT2D eigenvalue weighted by molar-refractivity contribution is 6.69. The second-order valence-corrected chi connectivity index (χ2v) is 7.17. The smallest absolute Gasteiger partial charge is 0.271 e. The molecule has 9 nitrogen and oxygen atoms in total. The average molecular weight is 455 g/mol. The van der Waals surface area contributed by atoms with Crippen molar-refractivity contribution in [2.75, 3.05) is 7.11 Å². The Morgan fingerprint density at radius 1 is 0.853 bits per heavy atom. The molecule has 1 saturated heterocycles. The second-order valence-electron chi connectivity index (χ2n) is 7.17. The fourth-order valence-corrected chi connectivity index (χ4v) is 3.25. The Labute approximate surface area is 195 Å². The number of hydrogen-bond donors (Lipinski definition) is 3. The maximum absolute atomic E-state index is 12.5. The molecule has 0 spiro atoms. The number of carbonyl (C=O) groups excluding carboxylic acids is 2. The lowest BCUT2D eigenvalue weighted by Crippen LogP contribution is -2.28. The van der Waals surface area contributed by atoms with Crippen LogP contribution in [0.25, 0.3) is 0 Å². The van der Waals surface area contributed by atoms with Gasteiger partial charge in [0.1, 0.15) is 11.5 Å². The Bertz CT molecular complexity index is 1270. The molecule has 0 radical (unpaired) electrons. The molecule has 1 heterocycles. The fourth-order valence-electron chi connectivity index (χ4n) is 3.25. The molecule has 0 aliphatic carbocycles. The summed E-state index contributed by atoms with van der Waals surface area (Å²) >= 11 is 0. The molecule has 170 valence electrons. The summed E-state index contributed by atoms with van der Waals surface area (Å²) in [5, 5.41) is 16.6. The van der Waals surface area contributed by atoms with Crippen LogP contribution in [-0.4, -0.2) is 36.2 Å². The topological polar surface area (TPSA) is 125 Å². The van der Waals surface area contributed by atoms with E-state index in [0.717, 1.165) is 0 Å². The lowest BCUT2D eigenvalue weighted by Gasteiger charge is -2.12. The zero-order valence-corrected chi connectivity index (χ0v) is 18.2. The number of hydrogen-bond acceptors (Lipinski definition) is 7. The zero-order chi connectivity index (χ0) is 23.9. The number of ether oxygens (including phenoxy) is 2. The van der Waals surface area contributed by atoms with Gasteiger partial charge in [-0.2, -0.15) is 10.2 Å². The first-order chi connectivity index (χ1) is 16.6. The number of methoxy groups -OCH3 is 1. The van der Waals surface area contributed by atoms with E-state index in [9.17, 15) is 9.59 Å². The number of nitrogens with zero attached hydrogens (tertiary/aromatic N) is 2. The lowest BCUT2D eigenvalue weighted by atomic mass is 10.0. The van der Waals surface area contributed by atoms with Crippen LogP contribution in [-0.2, 0) is 4.74 Å². The highest BCUT2D eigenvalue weighted by atomic mass is 16.5. The molecule has 2 amide bonds. The van der Waals surface area contributed by atoms with Gasteiger partial charge in [-0.05, 0) is 36.4 Å². The Hall–Kier alpha value is -4.79.